The van der Waals surface area contributed by atoms with Crippen LogP contribution in [0.2, 0.25) is 5.02 Å². The average molecular weight is 353 g/mol. The summed E-state index contributed by atoms with van der Waals surface area (Å²) in [6.45, 7) is 3.24. The summed E-state index contributed by atoms with van der Waals surface area (Å²) in [5, 5.41) is 1.19. The van der Waals surface area contributed by atoms with E-state index in [0.29, 0.717) is 29.1 Å². The first-order valence-corrected chi connectivity index (χ1v) is 8.67. The predicted octanol–water partition coefficient (Wildman–Crippen LogP) is 4.39. The number of hydrogen-bond donors (Lipinski definition) is 0. The molecule has 0 saturated heterocycles. The lowest BCUT2D eigenvalue weighted by Gasteiger charge is -2.06. The van der Waals surface area contributed by atoms with Crippen molar-refractivity contribution in [1.82, 2.24) is 9.55 Å². The smallest absolute Gasteiger partial charge is 0.261 e. The molecule has 0 amide bonds. The number of halogens is 1. The molecule has 2 heterocycles. The van der Waals surface area contributed by atoms with Crippen LogP contribution in [-0.2, 0) is 6.54 Å². The fourth-order valence-electron chi connectivity index (χ4n) is 3.19. The van der Waals surface area contributed by atoms with Crippen LogP contribution in [0.15, 0.2) is 47.3 Å². The molecule has 0 unspecified atom stereocenters. The van der Waals surface area contributed by atoms with Gasteiger partial charge in [-0.05, 0) is 60.9 Å². The van der Waals surface area contributed by atoms with Crippen LogP contribution in [0.3, 0.4) is 0 Å². The standard InChI is InChI=1S/C20H17ClN2O2/c1-2-25-16-5-3-4-13(11-16)10-14-8-9-23-19(14)22-18-12-15(21)6-7-17(18)20(23)24/h3-7,10-12H,2,8-9H2,1H3/b14-10-. The van der Waals surface area contributed by atoms with Gasteiger partial charge in [0, 0.05) is 11.6 Å². The molecule has 0 bridgehead atoms. The van der Waals surface area contributed by atoms with E-state index in [0.717, 1.165) is 29.1 Å². The fraction of sp³-hybridized carbons (Fsp3) is 0.200. The summed E-state index contributed by atoms with van der Waals surface area (Å²) in [6, 6.07) is 13.1. The normalized spacial score (nSPS) is 14.9. The van der Waals surface area contributed by atoms with Crippen molar-refractivity contribution in [1.29, 1.82) is 0 Å². The third-order valence-electron chi connectivity index (χ3n) is 4.32. The minimum Gasteiger partial charge on any atom is -0.494 e. The summed E-state index contributed by atoms with van der Waals surface area (Å²) in [7, 11) is 0. The first-order valence-electron chi connectivity index (χ1n) is 8.29. The van der Waals surface area contributed by atoms with Gasteiger partial charge in [-0.2, -0.15) is 0 Å². The zero-order valence-electron chi connectivity index (χ0n) is 13.8. The van der Waals surface area contributed by atoms with Gasteiger partial charge in [0.25, 0.3) is 5.56 Å². The summed E-state index contributed by atoms with van der Waals surface area (Å²) >= 11 is 6.06. The van der Waals surface area contributed by atoms with Crippen LogP contribution >= 0.6 is 11.6 Å². The van der Waals surface area contributed by atoms with E-state index in [1.54, 1.807) is 22.8 Å². The number of fused-ring (bicyclic) bond motifs is 2. The fourth-order valence-corrected chi connectivity index (χ4v) is 3.36. The number of hydrogen-bond acceptors (Lipinski definition) is 3. The Morgan fingerprint density at radius 1 is 1.28 bits per heavy atom. The number of benzene rings is 2. The van der Waals surface area contributed by atoms with E-state index in [9.17, 15) is 4.79 Å². The summed E-state index contributed by atoms with van der Waals surface area (Å²) in [5.41, 5.74) is 2.71. The Morgan fingerprint density at radius 2 is 2.16 bits per heavy atom. The molecule has 0 N–H and O–H groups in total. The Balaban J connectivity index is 1.82. The van der Waals surface area contributed by atoms with Gasteiger partial charge in [-0.15, -0.1) is 0 Å². The second-order valence-corrected chi connectivity index (χ2v) is 6.42. The van der Waals surface area contributed by atoms with Crippen molar-refractivity contribution in [2.75, 3.05) is 6.61 Å². The Bertz CT molecular complexity index is 1050. The molecule has 0 aliphatic carbocycles. The molecule has 2 aromatic carbocycles. The highest BCUT2D eigenvalue weighted by atomic mass is 35.5. The van der Waals surface area contributed by atoms with Gasteiger partial charge < -0.3 is 4.74 Å². The largest absolute Gasteiger partial charge is 0.494 e. The summed E-state index contributed by atoms with van der Waals surface area (Å²) in [6.07, 6.45) is 2.86. The quantitative estimate of drug-likeness (QED) is 0.702. The lowest BCUT2D eigenvalue weighted by molar-refractivity contribution is 0.340. The molecule has 0 spiro atoms. The number of ether oxygens (including phenoxy) is 1. The van der Waals surface area contributed by atoms with Crippen molar-refractivity contribution in [2.24, 2.45) is 0 Å². The molecular formula is C20H17ClN2O2. The number of rotatable bonds is 3. The van der Waals surface area contributed by atoms with Crippen molar-refractivity contribution in [3.63, 3.8) is 0 Å². The Morgan fingerprint density at radius 3 is 3.00 bits per heavy atom. The Kier molecular flexibility index (Phi) is 4.06. The molecule has 0 fully saturated rings. The van der Waals surface area contributed by atoms with Crippen molar-refractivity contribution in [3.05, 3.63) is 69.2 Å². The summed E-state index contributed by atoms with van der Waals surface area (Å²) in [5.74, 6) is 1.56. The van der Waals surface area contributed by atoms with Crippen LogP contribution in [0.4, 0.5) is 0 Å². The lowest BCUT2D eigenvalue weighted by atomic mass is 10.1. The summed E-state index contributed by atoms with van der Waals surface area (Å²) in [4.78, 5) is 17.4. The SMILES string of the molecule is CCOc1cccc(/C=C2/CCn3c2nc2cc(Cl)ccc2c3=O)c1. The van der Waals surface area contributed by atoms with E-state index < -0.39 is 0 Å². The maximum absolute atomic E-state index is 12.7. The van der Waals surface area contributed by atoms with Crippen LogP contribution in [-0.4, -0.2) is 16.2 Å². The first kappa shape index (κ1) is 15.9. The van der Waals surface area contributed by atoms with Crippen LogP contribution in [0.1, 0.15) is 24.7 Å². The minimum atomic E-state index is -0.0110. The van der Waals surface area contributed by atoms with Gasteiger partial charge in [-0.25, -0.2) is 4.98 Å². The number of nitrogens with zero attached hydrogens (tertiary/aromatic N) is 2. The highest BCUT2D eigenvalue weighted by Crippen LogP contribution is 2.28. The van der Waals surface area contributed by atoms with Crippen LogP contribution in [0.5, 0.6) is 5.75 Å². The highest BCUT2D eigenvalue weighted by Gasteiger charge is 2.20. The molecule has 1 aliphatic heterocycles. The molecule has 4 nitrogen and oxygen atoms in total. The molecule has 3 aromatic rings. The van der Waals surface area contributed by atoms with Crippen LogP contribution in [0.25, 0.3) is 22.6 Å². The zero-order valence-corrected chi connectivity index (χ0v) is 14.6. The predicted molar refractivity (Wildman–Crippen MR) is 101 cm³/mol. The molecule has 0 saturated carbocycles. The Labute approximate surface area is 150 Å². The molecular weight excluding hydrogens is 336 g/mol. The third kappa shape index (κ3) is 2.94. The van der Waals surface area contributed by atoms with Gasteiger partial charge in [0.15, 0.2) is 0 Å². The summed E-state index contributed by atoms with van der Waals surface area (Å²) < 4.78 is 7.30. The third-order valence-corrected chi connectivity index (χ3v) is 4.55. The molecule has 1 aliphatic rings. The second kappa shape index (κ2) is 6.37. The van der Waals surface area contributed by atoms with Gasteiger partial charge in [0.1, 0.15) is 11.6 Å². The molecule has 1 aromatic heterocycles. The van der Waals surface area contributed by atoms with Crippen molar-refractivity contribution >= 4 is 34.2 Å². The van der Waals surface area contributed by atoms with Crippen molar-refractivity contribution in [3.8, 4) is 5.75 Å². The monoisotopic (exact) mass is 352 g/mol. The Hall–Kier alpha value is -2.59. The van der Waals surface area contributed by atoms with Crippen LogP contribution < -0.4 is 10.3 Å². The molecule has 5 heteroatoms. The van der Waals surface area contributed by atoms with E-state index in [2.05, 4.69) is 6.08 Å². The topological polar surface area (TPSA) is 44.1 Å². The van der Waals surface area contributed by atoms with Crippen molar-refractivity contribution in [2.45, 2.75) is 19.9 Å². The zero-order chi connectivity index (χ0) is 17.4. The maximum atomic E-state index is 12.7. The van der Waals surface area contributed by atoms with E-state index in [-0.39, 0.29) is 5.56 Å². The minimum absolute atomic E-state index is 0.0110. The number of aromatic nitrogens is 2. The lowest BCUT2D eigenvalue weighted by Crippen LogP contribution is -2.20. The second-order valence-electron chi connectivity index (χ2n) is 5.98. The van der Waals surface area contributed by atoms with Gasteiger partial charge in [-0.3, -0.25) is 9.36 Å². The molecule has 0 radical (unpaired) electrons. The van der Waals surface area contributed by atoms with Gasteiger partial charge in [0.2, 0.25) is 0 Å². The van der Waals surface area contributed by atoms with Gasteiger partial charge in [0.05, 0.1) is 17.5 Å². The van der Waals surface area contributed by atoms with E-state index >= 15 is 0 Å². The first-order chi connectivity index (χ1) is 12.2. The molecule has 0 atom stereocenters. The van der Waals surface area contributed by atoms with Gasteiger partial charge in [-0.1, -0.05) is 23.7 Å². The molecule has 126 valence electrons. The van der Waals surface area contributed by atoms with E-state index in [1.165, 1.54) is 0 Å². The molecule has 4 rings (SSSR count). The number of allylic oxidation sites excluding steroid dienone is 1. The van der Waals surface area contributed by atoms with Gasteiger partial charge >= 0.3 is 0 Å². The average Bonchev–Trinajstić information content (AvgIpc) is 2.98. The van der Waals surface area contributed by atoms with E-state index in [1.807, 2.05) is 31.2 Å². The van der Waals surface area contributed by atoms with Crippen molar-refractivity contribution < 1.29 is 4.74 Å². The maximum Gasteiger partial charge on any atom is 0.261 e. The highest BCUT2D eigenvalue weighted by molar-refractivity contribution is 6.31. The van der Waals surface area contributed by atoms with Crippen LogP contribution in [0, 0.1) is 0 Å². The van der Waals surface area contributed by atoms with E-state index in [4.69, 9.17) is 21.3 Å². The molecule has 25 heavy (non-hydrogen) atoms.